The minimum atomic E-state index is -3.40. The third kappa shape index (κ3) is 7.22. The zero-order valence-corrected chi connectivity index (χ0v) is 25.8. The highest BCUT2D eigenvalue weighted by Gasteiger charge is 2.30. The molecule has 2 atom stereocenters. The number of pyridine rings is 1. The van der Waals surface area contributed by atoms with Crippen LogP contribution in [0, 0.1) is 11.3 Å². The minimum Gasteiger partial charge on any atom is -0.344 e. The van der Waals surface area contributed by atoms with Crippen molar-refractivity contribution in [3.05, 3.63) is 58.1 Å². The second-order valence-corrected chi connectivity index (χ2v) is 15.4. The van der Waals surface area contributed by atoms with Gasteiger partial charge in [0, 0.05) is 23.3 Å². The first-order valence-electron chi connectivity index (χ1n) is 14.5. The van der Waals surface area contributed by atoms with E-state index in [0.29, 0.717) is 16.5 Å². The number of sulfonamides is 1. The zero-order chi connectivity index (χ0) is 28.5. The van der Waals surface area contributed by atoms with E-state index in [-0.39, 0.29) is 17.4 Å². The number of thiophene rings is 1. The Morgan fingerprint density at radius 1 is 1.15 bits per heavy atom. The van der Waals surface area contributed by atoms with Crippen LogP contribution in [0.25, 0.3) is 10.2 Å². The van der Waals surface area contributed by atoms with Crippen molar-refractivity contribution in [1.29, 1.82) is 0 Å². The number of anilines is 1. The molecule has 3 heterocycles. The Morgan fingerprint density at radius 2 is 1.93 bits per heavy atom. The van der Waals surface area contributed by atoms with E-state index in [4.69, 9.17) is 4.98 Å². The van der Waals surface area contributed by atoms with Gasteiger partial charge in [-0.1, -0.05) is 39.3 Å². The van der Waals surface area contributed by atoms with Crippen molar-refractivity contribution in [1.82, 2.24) is 15.2 Å². The van der Waals surface area contributed by atoms with Crippen LogP contribution in [0.2, 0.25) is 0 Å². The standard InChI is InChI=1S/C31H42N4O3S2/c1-31(2,3)24-11-12-26-22(18-24)17-23-20-28(39-30(23)33-26)29(36)32-27(13-16-35-14-6-5-7-15-35)21-9-8-10-25(19-21)34-40(4,37)38/h8-10,17,19-20,24,27,34H,5-7,11-16,18H2,1-4H3,(H,32,36)/t24-,27+/m0/s1. The van der Waals surface area contributed by atoms with Gasteiger partial charge in [0.2, 0.25) is 10.0 Å². The molecule has 216 valence electrons. The van der Waals surface area contributed by atoms with Crippen LogP contribution < -0.4 is 10.0 Å². The second-order valence-electron chi connectivity index (χ2n) is 12.6. The van der Waals surface area contributed by atoms with E-state index in [1.54, 1.807) is 6.07 Å². The van der Waals surface area contributed by atoms with E-state index < -0.39 is 10.0 Å². The van der Waals surface area contributed by atoms with Gasteiger partial charge in [-0.3, -0.25) is 9.52 Å². The number of aryl methyl sites for hydroxylation is 1. The lowest BCUT2D eigenvalue weighted by Crippen LogP contribution is -2.35. The predicted molar refractivity (Wildman–Crippen MR) is 165 cm³/mol. The summed E-state index contributed by atoms with van der Waals surface area (Å²) in [4.78, 5) is 22.6. The summed E-state index contributed by atoms with van der Waals surface area (Å²) >= 11 is 1.45. The predicted octanol–water partition coefficient (Wildman–Crippen LogP) is 6.17. The minimum absolute atomic E-state index is 0.112. The Kier molecular flexibility index (Phi) is 8.55. The maximum absolute atomic E-state index is 13.6. The number of hydrogen-bond acceptors (Lipinski definition) is 6. The SMILES string of the molecule is CC(C)(C)[C@H]1CCc2nc3sc(C(=O)N[C@H](CCN4CCCCC4)c4cccc(NS(C)(=O)=O)c4)cc3cc2C1. The molecule has 1 aliphatic carbocycles. The number of likely N-dealkylation sites (tertiary alicyclic amines) is 1. The molecule has 0 unspecified atom stereocenters. The molecule has 1 amide bonds. The van der Waals surface area contributed by atoms with Crippen LogP contribution in [0.5, 0.6) is 0 Å². The Morgan fingerprint density at radius 3 is 2.65 bits per heavy atom. The first kappa shape index (κ1) is 29.0. The molecule has 2 aliphatic rings. The van der Waals surface area contributed by atoms with E-state index in [0.717, 1.165) is 67.4 Å². The molecule has 1 aliphatic heterocycles. The van der Waals surface area contributed by atoms with Gasteiger partial charge in [0.1, 0.15) is 4.83 Å². The van der Waals surface area contributed by atoms with Gasteiger partial charge in [-0.2, -0.15) is 0 Å². The van der Waals surface area contributed by atoms with Crippen molar-refractivity contribution in [2.24, 2.45) is 11.3 Å². The second kappa shape index (κ2) is 11.8. The maximum Gasteiger partial charge on any atom is 0.261 e. The van der Waals surface area contributed by atoms with Crippen molar-refractivity contribution in [2.45, 2.75) is 71.8 Å². The lowest BCUT2D eigenvalue weighted by molar-refractivity contribution is 0.0934. The summed E-state index contributed by atoms with van der Waals surface area (Å²) in [6.45, 7) is 9.99. The van der Waals surface area contributed by atoms with Gasteiger partial charge in [0.15, 0.2) is 0 Å². The molecule has 0 radical (unpaired) electrons. The van der Waals surface area contributed by atoms with Crippen molar-refractivity contribution in [3.63, 3.8) is 0 Å². The van der Waals surface area contributed by atoms with Gasteiger partial charge >= 0.3 is 0 Å². The Labute approximate surface area is 242 Å². The molecule has 5 rings (SSSR count). The molecule has 2 aromatic heterocycles. The molecule has 1 saturated heterocycles. The number of carbonyl (C=O) groups excluding carboxylic acids is 1. The van der Waals surface area contributed by atoms with E-state index in [1.165, 1.54) is 41.9 Å². The number of nitrogens with zero attached hydrogens (tertiary/aromatic N) is 2. The first-order chi connectivity index (χ1) is 18.9. The van der Waals surface area contributed by atoms with Crippen LogP contribution in [-0.4, -0.2) is 50.1 Å². The van der Waals surface area contributed by atoms with Crippen LogP contribution in [0.15, 0.2) is 36.4 Å². The van der Waals surface area contributed by atoms with Gasteiger partial charge < -0.3 is 10.2 Å². The lowest BCUT2D eigenvalue weighted by Gasteiger charge is -2.34. The lowest BCUT2D eigenvalue weighted by atomic mass is 9.71. The van der Waals surface area contributed by atoms with Crippen LogP contribution in [0.1, 0.15) is 85.4 Å². The number of benzene rings is 1. The fraction of sp³-hybridized carbons (Fsp3) is 0.548. The number of fused-ring (bicyclic) bond motifs is 2. The van der Waals surface area contributed by atoms with Crippen LogP contribution >= 0.6 is 11.3 Å². The van der Waals surface area contributed by atoms with Gasteiger partial charge in [-0.05, 0) is 98.3 Å². The normalized spacial score (nSPS) is 19.2. The van der Waals surface area contributed by atoms with E-state index in [2.05, 4.69) is 41.8 Å². The highest BCUT2D eigenvalue weighted by atomic mass is 32.2. The fourth-order valence-electron chi connectivity index (χ4n) is 6.05. The molecular formula is C31H42N4O3S2. The maximum atomic E-state index is 13.6. The summed E-state index contributed by atoms with van der Waals surface area (Å²) in [6, 6.07) is 11.3. The molecule has 2 N–H and O–H groups in total. The van der Waals surface area contributed by atoms with E-state index >= 15 is 0 Å². The number of aromatic nitrogens is 1. The van der Waals surface area contributed by atoms with Gasteiger partial charge in [-0.25, -0.2) is 13.4 Å². The van der Waals surface area contributed by atoms with E-state index in [1.807, 2.05) is 24.3 Å². The highest BCUT2D eigenvalue weighted by molar-refractivity contribution is 7.92. The average molecular weight is 583 g/mol. The number of carbonyl (C=O) groups is 1. The Bertz CT molecular complexity index is 1470. The monoisotopic (exact) mass is 582 g/mol. The van der Waals surface area contributed by atoms with Crippen molar-refractivity contribution < 1.29 is 13.2 Å². The molecule has 7 nitrogen and oxygen atoms in total. The first-order valence-corrected chi connectivity index (χ1v) is 17.2. The fourth-order valence-corrected chi connectivity index (χ4v) is 7.55. The number of rotatable bonds is 8. The largest absolute Gasteiger partial charge is 0.344 e. The topological polar surface area (TPSA) is 91.4 Å². The number of hydrogen-bond donors (Lipinski definition) is 2. The van der Waals surface area contributed by atoms with Crippen molar-refractivity contribution in [2.75, 3.05) is 30.6 Å². The van der Waals surface area contributed by atoms with Crippen LogP contribution in [-0.2, 0) is 22.9 Å². The van der Waals surface area contributed by atoms with Crippen LogP contribution in [0.3, 0.4) is 0 Å². The molecule has 1 fully saturated rings. The molecule has 0 bridgehead atoms. The van der Waals surface area contributed by atoms with Crippen molar-refractivity contribution >= 4 is 43.2 Å². The smallest absolute Gasteiger partial charge is 0.261 e. The molecule has 9 heteroatoms. The Balaban J connectivity index is 1.37. The highest BCUT2D eigenvalue weighted by Crippen LogP contribution is 2.38. The summed E-state index contributed by atoms with van der Waals surface area (Å²) in [5.41, 5.74) is 4.16. The van der Waals surface area contributed by atoms with Crippen molar-refractivity contribution in [3.8, 4) is 0 Å². The average Bonchev–Trinajstić information content (AvgIpc) is 3.31. The summed E-state index contributed by atoms with van der Waals surface area (Å²) in [5, 5.41) is 4.31. The third-order valence-electron chi connectivity index (χ3n) is 8.40. The summed E-state index contributed by atoms with van der Waals surface area (Å²) in [6.07, 6.45) is 8.76. The zero-order valence-electron chi connectivity index (χ0n) is 24.1. The molecule has 0 spiro atoms. The van der Waals surface area contributed by atoms with Crippen LogP contribution in [0.4, 0.5) is 5.69 Å². The molecule has 0 saturated carbocycles. The van der Waals surface area contributed by atoms with Gasteiger partial charge in [-0.15, -0.1) is 11.3 Å². The molecule has 1 aromatic carbocycles. The van der Waals surface area contributed by atoms with Gasteiger partial charge in [0.05, 0.1) is 17.2 Å². The third-order valence-corrected chi connectivity index (χ3v) is 10.1. The Hall–Kier alpha value is -2.49. The summed E-state index contributed by atoms with van der Waals surface area (Å²) < 4.78 is 26.2. The summed E-state index contributed by atoms with van der Waals surface area (Å²) in [7, 11) is -3.40. The van der Waals surface area contributed by atoms with E-state index in [9.17, 15) is 13.2 Å². The molecule has 40 heavy (non-hydrogen) atoms. The number of nitrogens with one attached hydrogen (secondary N) is 2. The number of piperidine rings is 1. The summed E-state index contributed by atoms with van der Waals surface area (Å²) in [5.74, 6) is 0.521. The quantitative estimate of drug-likeness (QED) is 0.332. The molecule has 3 aromatic rings. The number of amides is 1. The molecular weight excluding hydrogens is 541 g/mol. The van der Waals surface area contributed by atoms with Gasteiger partial charge in [0.25, 0.3) is 5.91 Å².